The monoisotopic (exact) mass is 339 g/mol. The molecule has 1 aromatic heterocycles. The summed E-state index contributed by atoms with van der Waals surface area (Å²) in [5.74, 6) is 0.199. The number of aromatic nitrogens is 1. The molecule has 0 aliphatic carbocycles. The van der Waals surface area contributed by atoms with Gasteiger partial charge < -0.3 is 5.73 Å². The topological polar surface area (TPSA) is 62.7 Å². The van der Waals surface area contributed by atoms with Crippen molar-refractivity contribution in [3.8, 4) is 28.5 Å². The fourth-order valence-corrected chi connectivity index (χ4v) is 2.56. The van der Waals surface area contributed by atoms with E-state index in [1.165, 1.54) is 0 Å². The molecular formula is C18H11Cl2N3. The molecule has 0 atom stereocenters. The number of rotatable bonds is 2. The number of nitriles is 1. The molecule has 0 amide bonds. The Bertz CT molecular complexity index is 895. The van der Waals surface area contributed by atoms with Gasteiger partial charge in [0, 0.05) is 21.2 Å². The fourth-order valence-electron chi connectivity index (χ4n) is 2.31. The third kappa shape index (κ3) is 3.14. The molecule has 3 rings (SSSR count). The summed E-state index contributed by atoms with van der Waals surface area (Å²) >= 11 is 11.9. The first-order valence-corrected chi connectivity index (χ1v) is 7.56. The number of hydrogen-bond acceptors (Lipinski definition) is 3. The van der Waals surface area contributed by atoms with Gasteiger partial charge in [-0.1, -0.05) is 47.5 Å². The Morgan fingerprint density at radius 3 is 1.91 bits per heavy atom. The van der Waals surface area contributed by atoms with Gasteiger partial charge in [-0.2, -0.15) is 5.26 Å². The van der Waals surface area contributed by atoms with Gasteiger partial charge in [0.2, 0.25) is 0 Å². The molecule has 2 aromatic carbocycles. The van der Waals surface area contributed by atoms with Crippen LogP contribution in [-0.4, -0.2) is 4.98 Å². The highest BCUT2D eigenvalue weighted by atomic mass is 35.5. The number of nitrogen functional groups attached to an aromatic ring is 1. The van der Waals surface area contributed by atoms with Gasteiger partial charge in [0.25, 0.3) is 0 Å². The summed E-state index contributed by atoms with van der Waals surface area (Å²) in [6, 6.07) is 18.5. The largest absolute Gasteiger partial charge is 0.383 e. The van der Waals surface area contributed by atoms with Crippen LogP contribution in [0.1, 0.15) is 5.56 Å². The van der Waals surface area contributed by atoms with Crippen molar-refractivity contribution in [3.05, 3.63) is 70.2 Å². The summed E-state index contributed by atoms with van der Waals surface area (Å²) in [7, 11) is 0. The molecule has 0 aliphatic heterocycles. The van der Waals surface area contributed by atoms with Crippen LogP contribution in [0.25, 0.3) is 22.4 Å². The van der Waals surface area contributed by atoms with Crippen LogP contribution >= 0.6 is 23.2 Å². The Labute approximate surface area is 143 Å². The molecule has 1 heterocycles. The maximum absolute atomic E-state index is 9.40. The lowest BCUT2D eigenvalue weighted by molar-refractivity contribution is 1.31. The molecule has 112 valence electrons. The third-order valence-electron chi connectivity index (χ3n) is 3.45. The summed E-state index contributed by atoms with van der Waals surface area (Å²) in [6.45, 7) is 0. The predicted octanol–water partition coefficient (Wildman–Crippen LogP) is 5.18. The number of pyridine rings is 1. The summed E-state index contributed by atoms with van der Waals surface area (Å²) < 4.78 is 0. The molecule has 0 bridgehead atoms. The van der Waals surface area contributed by atoms with Crippen molar-refractivity contribution in [2.75, 3.05) is 5.73 Å². The number of anilines is 1. The molecule has 0 saturated heterocycles. The standard InChI is InChI=1S/C18H11Cl2N3/c19-13-5-1-11(2-6-13)15-9-17(23-18(22)16(15)10-21)12-3-7-14(20)8-4-12/h1-9H,(H2,22,23). The quantitative estimate of drug-likeness (QED) is 0.699. The van der Waals surface area contributed by atoms with E-state index in [0.29, 0.717) is 21.3 Å². The molecule has 0 fully saturated rings. The molecular weight excluding hydrogens is 329 g/mol. The van der Waals surface area contributed by atoms with Crippen LogP contribution in [0.3, 0.4) is 0 Å². The van der Waals surface area contributed by atoms with Gasteiger partial charge in [0.1, 0.15) is 17.5 Å². The fraction of sp³-hybridized carbons (Fsp3) is 0. The highest BCUT2D eigenvalue weighted by Crippen LogP contribution is 2.32. The van der Waals surface area contributed by atoms with E-state index in [9.17, 15) is 5.26 Å². The Balaban J connectivity index is 2.20. The van der Waals surface area contributed by atoms with Crippen molar-refractivity contribution < 1.29 is 0 Å². The lowest BCUT2D eigenvalue weighted by atomic mass is 9.98. The number of benzene rings is 2. The third-order valence-corrected chi connectivity index (χ3v) is 3.96. The van der Waals surface area contributed by atoms with E-state index >= 15 is 0 Å². The highest BCUT2D eigenvalue weighted by molar-refractivity contribution is 6.30. The Kier molecular flexibility index (Phi) is 4.20. The average Bonchev–Trinajstić information content (AvgIpc) is 2.55. The van der Waals surface area contributed by atoms with Crippen LogP contribution in [0.2, 0.25) is 10.0 Å². The summed E-state index contributed by atoms with van der Waals surface area (Å²) in [6.07, 6.45) is 0. The Morgan fingerprint density at radius 2 is 1.39 bits per heavy atom. The van der Waals surface area contributed by atoms with Crippen molar-refractivity contribution in [2.24, 2.45) is 0 Å². The van der Waals surface area contributed by atoms with Gasteiger partial charge in [-0.15, -0.1) is 0 Å². The van der Waals surface area contributed by atoms with Crippen molar-refractivity contribution in [2.45, 2.75) is 0 Å². The zero-order valence-corrected chi connectivity index (χ0v) is 13.4. The minimum atomic E-state index is 0.199. The summed E-state index contributed by atoms with van der Waals surface area (Å²) in [5.41, 5.74) is 9.47. The molecule has 0 saturated carbocycles. The van der Waals surface area contributed by atoms with E-state index in [1.54, 1.807) is 24.3 Å². The molecule has 0 radical (unpaired) electrons. The first kappa shape index (κ1) is 15.4. The van der Waals surface area contributed by atoms with Gasteiger partial charge in [0.15, 0.2) is 0 Å². The van der Waals surface area contributed by atoms with E-state index in [0.717, 1.165) is 16.7 Å². The minimum Gasteiger partial charge on any atom is -0.383 e. The van der Waals surface area contributed by atoms with Gasteiger partial charge in [-0.3, -0.25) is 0 Å². The van der Waals surface area contributed by atoms with Crippen LogP contribution in [0, 0.1) is 11.3 Å². The predicted molar refractivity (Wildman–Crippen MR) is 94.3 cm³/mol. The van der Waals surface area contributed by atoms with Crippen LogP contribution in [0.5, 0.6) is 0 Å². The maximum Gasteiger partial charge on any atom is 0.142 e. The SMILES string of the molecule is N#Cc1c(-c2ccc(Cl)cc2)cc(-c2ccc(Cl)cc2)nc1N. The minimum absolute atomic E-state index is 0.199. The van der Waals surface area contributed by atoms with E-state index in [4.69, 9.17) is 28.9 Å². The van der Waals surface area contributed by atoms with E-state index in [-0.39, 0.29) is 5.82 Å². The first-order valence-electron chi connectivity index (χ1n) is 6.81. The van der Waals surface area contributed by atoms with E-state index in [2.05, 4.69) is 11.1 Å². The average molecular weight is 340 g/mol. The van der Waals surface area contributed by atoms with Crippen LogP contribution in [-0.2, 0) is 0 Å². The molecule has 23 heavy (non-hydrogen) atoms. The number of halogens is 2. The second kappa shape index (κ2) is 6.29. The molecule has 3 aromatic rings. The molecule has 0 aliphatic rings. The van der Waals surface area contributed by atoms with Gasteiger partial charge in [0.05, 0.1) is 5.69 Å². The van der Waals surface area contributed by atoms with Crippen molar-refractivity contribution >= 4 is 29.0 Å². The normalized spacial score (nSPS) is 10.3. The van der Waals surface area contributed by atoms with Crippen LogP contribution in [0.15, 0.2) is 54.6 Å². The van der Waals surface area contributed by atoms with Gasteiger partial charge >= 0.3 is 0 Å². The lowest BCUT2D eigenvalue weighted by Crippen LogP contribution is -1.99. The smallest absolute Gasteiger partial charge is 0.142 e. The van der Waals surface area contributed by atoms with E-state index in [1.807, 2.05) is 30.3 Å². The second-order valence-electron chi connectivity index (χ2n) is 4.94. The van der Waals surface area contributed by atoms with E-state index < -0.39 is 0 Å². The van der Waals surface area contributed by atoms with Gasteiger partial charge in [-0.25, -0.2) is 4.98 Å². The second-order valence-corrected chi connectivity index (χ2v) is 5.81. The Morgan fingerprint density at radius 1 is 0.870 bits per heavy atom. The number of nitrogens with zero attached hydrogens (tertiary/aromatic N) is 2. The molecule has 3 nitrogen and oxygen atoms in total. The zero-order valence-electron chi connectivity index (χ0n) is 11.9. The van der Waals surface area contributed by atoms with Crippen LogP contribution in [0.4, 0.5) is 5.82 Å². The number of nitrogens with two attached hydrogens (primary N) is 1. The molecule has 2 N–H and O–H groups in total. The van der Waals surface area contributed by atoms with Crippen molar-refractivity contribution in [1.29, 1.82) is 5.26 Å². The summed E-state index contributed by atoms with van der Waals surface area (Å²) in [4.78, 5) is 4.33. The van der Waals surface area contributed by atoms with Crippen molar-refractivity contribution in [1.82, 2.24) is 4.98 Å². The van der Waals surface area contributed by atoms with Gasteiger partial charge in [-0.05, 0) is 35.9 Å². The molecule has 0 unspecified atom stereocenters. The molecule has 5 heteroatoms. The lowest BCUT2D eigenvalue weighted by Gasteiger charge is -2.10. The summed E-state index contributed by atoms with van der Waals surface area (Å²) in [5, 5.41) is 10.7. The molecule has 0 spiro atoms. The highest BCUT2D eigenvalue weighted by Gasteiger charge is 2.13. The zero-order chi connectivity index (χ0) is 16.4. The maximum atomic E-state index is 9.40. The Hall–Kier alpha value is -2.54. The number of hydrogen-bond donors (Lipinski definition) is 1. The first-order chi connectivity index (χ1) is 11.1. The van der Waals surface area contributed by atoms with Crippen molar-refractivity contribution in [3.63, 3.8) is 0 Å². The van der Waals surface area contributed by atoms with Crippen LogP contribution < -0.4 is 5.73 Å².